The molecule has 1 amide bonds. The summed E-state index contributed by atoms with van der Waals surface area (Å²) in [5.74, 6) is -0.169. The lowest BCUT2D eigenvalue weighted by molar-refractivity contribution is -0.142. The Hall–Kier alpha value is -1.53. The lowest BCUT2D eigenvalue weighted by Crippen LogP contribution is -2.34. The van der Waals surface area contributed by atoms with Crippen LogP contribution in [0.5, 0.6) is 0 Å². The van der Waals surface area contributed by atoms with E-state index in [0.29, 0.717) is 18.8 Å². The third kappa shape index (κ3) is 2.74. The number of hydrogen-bond donors (Lipinski definition) is 0. The second kappa shape index (κ2) is 4.86. The van der Waals surface area contributed by atoms with Gasteiger partial charge in [0.05, 0.1) is 0 Å². The van der Waals surface area contributed by atoms with Crippen LogP contribution in [-0.4, -0.2) is 33.7 Å². The van der Waals surface area contributed by atoms with Gasteiger partial charge in [0.15, 0.2) is 5.69 Å². The summed E-state index contributed by atoms with van der Waals surface area (Å²) in [6, 6.07) is 0.266. The lowest BCUT2D eigenvalue weighted by Gasteiger charge is -2.21. The van der Waals surface area contributed by atoms with Crippen LogP contribution < -0.4 is 0 Å². The Kier molecular flexibility index (Phi) is 3.56. The number of carbonyl (C=O) groups is 1. The maximum Gasteiger partial charge on any atom is 0.435 e. The molecule has 0 aromatic carbocycles. The highest BCUT2D eigenvalue weighted by Crippen LogP contribution is 2.29. The third-order valence-electron chi connectivity index (χ3n) is 3.35. The molecular weight excluding hydrogens is 259 g/mol. The van der Waals surface area contributed by atoms with Crippen LogP contribution in [0.4, 0.5) is 13.2 Å². The molecule has 7 heteroatoms. The van der Waals surface area contributed by atoms with Gasteiger partial charge in [0, 0.05) is 18.8 Å². The first-order valence-electron chi connectivity index (χ1n) is 6.23. The number of halogens is 3. The number of hydrogen-bond acceptors (Lipinski definition) is 2. The van der Waals surface area contributed by atoms with Gasteiger partial charge in [-0.3, -0.25) is 9.48 Å². The van der Waals surface area contributed by atoms with Gasteiger partial charge in [-0.05, 0) is 32.8 Å². The van der Waals surface area contributed by atoms with Crippen molar-refractivity contribution >= 4 is 5.91 Å². The van der Waals surface area contributed by atoms with Crippen molar-refractivity contribution in [3.05, 3.63) is 17.5 Å². The Labute approximate surface area is 109 Å². The van der Waals surface area contributed by atoms with Gasteiger partial charge in [0.2, 0.25) is 5.91 Å². The van der Waals surface area contributed by atoms with Gasteiger partial charge in [0.1, 0.15) is 6.04 Å². The molecule has 19 heavy (non-hydrogen) atoms. The number of likely N-dealkylation sites (tertiary alicyclic amines) is 1. The van der Waals surface area contributed by atoms with E-state index in [-0.39, 0.29) is 5.91 Å². The summed E-state index contributed by atoms with van der Waals surface area (Å²) >= 11 is 0. The van der Waals surface area contributed by atoms with Gasteiger partial charge in [-0.1, -0.05) is 0 Å². The molecule has 0 spiro atoms. The molecule has 0 saturated carbocycles. The average Bonchev–Trinajstić information content (AvgIpc) is 2.94. The first-order chi connectivity index (χ1) is 8.80. The van der Waals surface area contributed by atoms with Crippen LogP contribution in [0.1, 0.15) is 37.2 Å². The van der Waals surface area contributed by atoms with Crippen molar-refractivity contribution < 1.29 is 18.0 Å². The van der Waals surface area contributed by atoms with Crippen LogP contribution in [0.25, 0.3) is 0 Å². The highest BCUT2D eigenvalue weighted by Gasteiger charge is 2.36. The topological polar surface area (TPSA) is 38.1 Å². The normalized spacial score (nSPS) is 17.8. The smallest absolute Gasteiger partial charge is 0.341 e. The molecular formula is C12H16F3N3O. The number of aromatic nitrogens is 2. The molecule has 1 aliphatic heterocycles. The SMILES string of the molecule is Cc1cc(C(F)(F)F)nn1[C@@H](C)C(=O)N1CCCC1. The largest absolute Gasteiger partial charge is 0.435 e. The van der Waals surface area contributed by atoms with E-state index in [1.54, 1.807) is 11.8 Å². The molecule has 0 N–H and O–H groups in total. The first-order valence-corrected chi connectivity index (χ1v) is 6.23. The first kappa shape index (κ1) is 13.9. The minimum Gasteiger partial charge on any atom is -0.341 e. The fourth-order valence-electron chi connectivity index (χ4n) is 2.32. The van der Waals surface area contributed by atoms with Crippen LogP contribution in [0, 0.1) is 6.92 Å². The summed E-state index contributed by atoms with van der Waals surface area (Å²) in [5.41, 5.74) is -0.613. The van der Waals surface area contributed by atoms with Crippen molar-refractivity contribution in [2.24, 2.45) is 0 Å². The molecule has 0 unspecified atom stereocenters. The molecule has 106 valence electrons. The Morgan fingerprint density at radius 2 is 1.95 bits per heavy atom. The zero-order chi connectivity index (χ0) is 14.2. The van der Waals surface area contributed by atoms with Crippen molar-refractivity contribution in [3.63, 3.8) is 0 Å². The van der Waals surface area contributed by atoms with E-state index in [0.717, 1.165) is 23.6 Å². The molecule has 4 nitrogen and oxygen atoms in total. The summed E-state index contributed by atoms with van der Waals surface area (Å²) in [7, 11) is 0. The summed E-state index contributed by atoms with van der Waals surface area (Å²) < 4.78 is 38.9. The molecule has 2 rings (SSSR count). The second-order valence-corrected chi connectivity index (χ2v) is 4.82. The standard InChI is InChI=1S/C12H16F3N3O/c1-8-7-10(12(13,14)15)16-18(8)9(2)11(19)17-5-3-4-6-17/h7,9H,3-6H2,1-2H3/t9-/m0/s1. The number of nitrogens with zero attached hydrogens (tertiary/aromatic N) is 3. The minimum absolute atomic E-state index is 0.169. The van der Waals surface area contributed by atoms with E-state index in [9.17, 15) is 18.0 Å². The van der Waals surface area contributed by atoms with E-state index in [2.05, 4.69) is 5.10 Å². The molecule has 0 bridgehead atoms. The highest BCUT2D eigenvalue weighted by atomic mass is 19.4. The number of aryl methyl sites for hydroxylation is 1. The van der Waals surface area contributed by atoms with E-state index < -0.39 is 17.9 Å². The molecule has 1 fully saturated rings. The molecule has 1 atom stereocenters. The summed E-state index contributed by atoms with van der Waals surface area (Å²) in [4.78, 5) is 13.8. The summed E-state index contributed by atoms with van der Waals surface area (Å²) in [5, 5.41) is 3.52. The average molecular weight is 275 g/mol. The summed E-state index contributed by atoms with van der Waals surface area (Å²) in [6.45, 7) is 4.46. The molecule has 1 aromatic heterocycles. The maximum atomic E-state index is 12.6. The zero-order valence-corrected chi connectivity index (χ0v) is 10.9. The van der Waals surface area contributed by atoms with Crippen LogP contribution in [0.3, 0.4) is 0 Å². The van der Waals surface area contributed by atoms with E-state index >= 15 is 0 Å². The van der Waals surface area contributed by atoms with Crippen LogP contribution >= 0.6 is 0 Å². The van der Waals surface area contributed by atoms with Crippen molar-refractivity contribution in [1.29, 1.82) is 0 Å². The van der Waals surface area contributed by atoms with Crippen LogP contribution in [0.15, 0.2) is 6.07 Å². The van der Waals surface area contributed by atoms with Gasteiger partial charge in [-0.2, -0.15) is 18.3 Å². The third-order valence-corrected chi connectivity index (χ3v) is 3.35. The van der Waals surface area contributed by atoms with Crippen molar-refractivity contribution in [2.75, 3.05) is 13.1 Å². The Bertz CT molecular complexity index is 475. The minimum atomic E-state index is -4.48. The van der Waals surface area contributed by atoms with Gasteiger partial charge in [-0.15, -0.1) is 0 Å². The highest BCUT2D eigenvalue weighted by molar-refractivity contribution is 5.80. The zero-order valence-electron chi connectivity index (χ0n) is 10.9. The van der Waals surface area contributed by atoms with Crippen molar-refractivity contribution in [1.82, 2.24) is 14.7 Å². The maximum absolute atomic E-state index is 12.6. The van der Waals surface area contributed by atoms with Gasteiger partial charge in [-0.25, -0.2) is 0 Å². The fraction of sp³-hybridized carbons (Fsp3) is 0.667. The number of carbonyl (C=O) groups excluding carboxylic acids is 1. The molecule has 1 aromatic rings. The van der Waals surface area contributed by atoms with E-state index in [1.165, 1.54) is 6.92 Å². The quantitative estimate of drug-likeness (QED) is 0.831. The molecule has 1 saturated heterocycles. The predicted molar refractivity (Wildman–Crippen MR) is 62.5 cm³/mol. The van der Waals surface area contributed by atoms with E-state index in [1.807, 2.05) is 0 Å². The molecule has 0 aliphatic carbocycles. The fourth-order valence-corrected chi connectivity index (χ4v) is 2.32. The van der Waals surface area contributed by atoms with Crippen LogP contribution in [-0.2, 0) is 11.0 Å². The second-order valence-electron chi connectivity index (χ2n) is 4.82. The van der Waals surface area contributed by atoms with Gasteiger partial charge >= 0.3 is 6.18 Å². The number of rotatable bonds is 2. The van der Waals surface area contributed by atoms with Crippen molar-refractivity contribution in [3.8, 4) is 0 Å². The van der Waals surface area contributed by atoms with Gasteiger partial charge < -0.3 is 4.90 Å². The Balaban J connectivity index is 2.21. The lowest BCUT2D eigenvalue weighted by atomic mass is 10.3. The summed E-state index contributed by atoms with van der Waals surface area (Å²) in [6.07, 6.45) is -2.58. The Morgan fingerprint density at radius 3 is 2.42 bits per heavy atom. The number of alkyl halides is 3. The van der Waals surface area contributed by atoms with Gasteiger partial charge in [0.25, 0.3) is 0 Å². The monoisotopic (exact) mass is 275 g/mol. The molecule has 1 aliphatic rings. The number of amides is 1. The molecule has 0 radical (unpaired) electrons. The predicted octanol–water partition coefficient (Wildman–Crippen LogP) is 2.39. The Morgan fingerprint density at radius 1 is 1.37 bits per heavy atom. The van der Waals surface area contributed by atoms with Crippen LogP contribution in [0.2, 0.25) is 0 Å². The van der Waals surface area contributed by atoms with E-state index in [4.69, 9.17) is 0 Å². The van der Waals surface area contributed by atoms with Crippen molar-refractivity contribution in [2.45, 2.75) is 38.9 Å². The molecule has 2 heterocycles.